The van der Waals surface area contributed by atoms with Gasteiger partial charge >= 0.3 is 0 Å². The SMILES string of the molecule is CCOc1cnc(CN2CCC(n3cc4ccccc4n3)CC2)cn1. The number of likely N-dealkylation sites (tertiary alicyclic amines) is 1. The van der Waals surface area contributed by atoms with Crippen LogP contribution in [0.1, 0.15) is 31.5 Å². The van der Waals surface area contributed by atoms with E-state index in [0.29, 0.717) is 18.5 Å². The van der Waals surface area contributed by atoms with Gasteiger partial charge in [-0.3, -0.25) is 14.6 Å². The standard InChI is InChI=1S/C19H23N5O/c1-2-25-19-12-20-16(11-21-19)14-23-9-7-17(8-10-23)24-13-15-5-3-4-6-18(15)22-24/h3-6,11-13,17H,2,7-10,14H2,1H3. The van der Waals surface area contributed by atoms with E-state index in [1.165, 1.54) is 5.39 Å². The number of nitrogens with zero attached hydrogens (tertiary/aromatic N) is 5. The van der Waals surface area contributed by atoms with E-state index in [4.69, 9.17) is 9.84 Å². The summed E-state index contributed by atoms with van der Waals surface area (Å²) in [5.74, 6) is 0.593. The molecule has 25 heavy (non-hydrogen) atoms. The Kier molecular flexibility index (Phi) is 4.61. The number of ether oxygens (including phenoxy) is 1. The fourth-order valence-electron chi connectivity index (χ4n) is 3.39. The van der Waals surface area contributed by atoms with Crippen molar-refractivity contribution >= 4 is 10.9 Å². The molecule has 1 aromatic carbocycles. The molecule has 0 spiro atoms. The van der Waals surface area contributed by atoms with E-state index >= 15 is 0 Å². The van der Waals surface area contributed by atoms with E-state index < -0.39 is 0 Å². The lowest BCUT2D eigenvalue weighted by Gasteiger charge is -2.31. The minimum Gasteiger partial charge on any atom is -0.477 e. The number of hydrogen-bond donors (Lipinski definition) is 0. The maximum absolute atomic E-state index is 5.34. The summed E-state index contributed by atoms with van der Waals surface area (Å²) in [7, 11) is 0. The number of fused-ring (bicyclic) bond motifs is 1. The maximum Gasteiger partial charge on any atom is 0.232 e. The van der Waals surface area contributed by atoms with Gasteiger partial charge in [0.1, 0.15) is 0 Å². The third kappa shape index (κ3) is 3.64. The summed E-state index contributed by atoms with van der Waals surface area (Å²) in [5, 5.41) is 5.95. The van der Waals surface area contributed by atoms with Gasteiger partial charge < -0.3 is 4.74 Å². The average molecular weight is 337 g/mol. The molecule has 6 heteroatoms. The van der Waals surface area contributed by atoms with Crippen molar-refractivity contribution in [2.24, 2.45) is 0 Å². The molecule has 3 aromatic rings. The second-order valence-corrected chi connectivity index (χ2v) is 6.45. The van der Waals surface area contributed by atoms with Crippen molar-refractivity contribution in [1.82, 2.24) is 24.6 Å². The van der Waals surface area contributed by atoms with Crippen LogP contribution in [0.15, 0.2) is 42.9 Å². The highest BCUT2D eigenvalue weighted by atomic mass is 16.5. The average Bonchev–Trinajstić information content (AvgIpc) is 3.08. The van der Waals surface area contributed by atoms with Crippen LogP contribution < -0.4 is 4.74 Å². The first-order valence-corrected chi connectivity index (χ1v) is 8.92. The van der Waals surface area contributed by atoms with Crippen molar-refractivity contribution in [2.45, 2.75) is 32.4 Å². The lowest BCUT2D eigenvalue weighted by Crippen LogP contribution is -2.34. The Balaban J connectivity index is 1.34. The first-order chi connectivity index (χ1) is 12.3. The quantitative estimate of drug-likeness (QED) is 0.716. The maximum atomic E-state index is 5.34. The van der Waals surface area contributed by atoms with Crippen molar-refractivity contribution in [3.8, 4) is 5.88 Å². The minimum atomic E-state index is 0.482. The summed E-state index contributed by atoms with van der Waals surface area (Å²) in [5.41, 5.74) is 2.07. The predicted molar refractivity (Wildman–Crippen MR) is 96.5 cm³/mol. The molecule has 0 unspecified atom stereocenters. The first-order valence-electron chi connectivity index (χ1n) is 8.92. The zero-order valence-electron chi connectivity index (χ0n) is 14.5. The van der Waals surface area contributed by atoms with Crippen molar-refractivity contribution in [1.29, 1.82) is 0 Å². The number of benzene rings is 1. The molecule has 2 aromatic heterocycles. The zero-order chi connectivity index (χ0) is 17.1. The lowest BCUT2D eigenvalue weighted by atomic mass is 10.1. The van der Waals surface area contributed by atoms with Crippen LogP contribution in [0.2, 0.25) is 0 Å². The molecular weight excluding hydrogens is 314 g/mol. The molecule has 1 saturated heterocycles. The van der Waals surface area contributed by atoms with E-state index in [1.807, 2.05) is 19.2 Å². The fourth-order valence-corrected chi connectivity index (χ4v) is 3.39. The van der Waals surface area contributed by atoms with E-state index in [0.717, 1.165) is 43.7 Å². The Morgan fingerprint density at radius 3 is 2.68 bits per heavy atom. The van der Waals surface area contributed by atoms with Crippen LogP contribution in [0.4, 0.5) is 0 Å². The topological polar surface area (TPSA) is 56.1 Å². The van der Waals surface area contributed by atoms with Gasteiger partial charge in [-0.1, -0.05) is 18.2 Å². The van der Waals surface area contributed by atoms with E-state index in [2.05, 4.69) is 43.9 Å². The van der Waals surface area contributed by atoms with Crippen LogP contribution in [0, 0.1) is 0 Å². The molecule has 130 valence electrons. The normalized spacial score (nSPS) is 16.4. The molecule has 0 aliphatic carbocycles. The van der Waals surface area contributed by atoms with Gasteiger partial charge in [-0.25, -0.2) is 4.98 Å². The highest BCUT2D eigenvalue weighted by Gasteiger charge is 2.21. The van der Waals surface area contributed by atoms with Gasteiger partial charge in [0, 0.05) is 31.2 Å². The molecule has 0 N–H and O–H groups in total. The summed E-state index contributed by atoms with van der Waals surface area (Å²) in [6.45, 7) is 5.51. The molecule has 1 aliphatic rings. The van der Waals surface area contributed by atoms with E-state index in [1.54, 1.807) is 6.20 Å². The van der Waals surface area contributed by atoms with Crippen molar-refractivity contribution in [3.63, 3.8) is 0 Å². The molecule has 0 atom stereocenters. The number of piperidine rings is 1. The molecule has 1 aliphatic heterocycles. The molecule has 1 fully saturated rings. The smallest absolute Gasteiger partial charge is 0.232 e. The number of aromatic nitrogens is 4. The van der Waals surface area contributed by atoms with Crippen molar-refractivity contribution in [2.75, 3.05) is 19.7 Å². The second kappa shape index (κ2) is 7.19. The monoisotopic (exact) mass is 337 g/mol. The molecule has 0 bridgehead atoms. The van der Waals surface area contributed by atoms with Gasteiger partial charge in [0.2, 0.25) is 5.88 Å². The summed E-state index contributed by atoms with van der Waals surface area (Å²) in [6, 6.07) is 8.79. The Hall–Kier alpha value is -2.47. The predicted octanol–water partition coefficient (Wildman–Crippen LogP) is 3.06. The summed E-state index contributed by atoms with van der Waals surface area (Å²) >= 11 is 0. The largest absolute Gasteiger partial charge is 0.477 e. The fraction of sp³-hybridized carbons (Fsp3) is 0.421. The van der Waals surface area contributed by atoms with Crippen molar-refractivity contribution < 1.29 is 4.74 Å². The molecular formula is C19H23N5O. The van der Waals surface area contributed by atoms with Crippen molar-refractivity contribution in [3.05, 3.63) is 48.5 Å². The minimum absolute atomic E-state index is 0.482. The lowest BCUT2D eigenvalue weighted by molar-refractivity contribution is 0.172. The Labute approximate surface area is 147 Å². The van der Waals surface area contributed by atoms with Crippen LogP contribution >= 0.6 is 0 Å². The highest BCUT2D eigenvalue weighted by molar-refractivity contribution is 5.77. The van der Waals surface area contributed by atoms with E-state index in [-0.39, 0.29) is 0 Å². The summed E-state index contributed by atoms with van der Waals surface area (Å²) < 4.78 is 7.49. The van der Waals surface area contributed by atoms with Gasteiger partial charge in [-0.2, -0.15) is 5.10 Å². The van der Waals surface area contributed by atoms with Gasteiger partial charge in [0.05, 0.1) is 36.3 Å². The zero-order valence-corrected chi connectivity index (χ0v) is 14.5. The van der Waals surface area contributed by atoms with Gasteiger partial charge in [-0.05, 0) is 25.8 Å². The highest BCUT2D eigenvalue weighted by Crippen LogP contribution is 2.25. The molecule has 6 nitrogen and oxygen atoms in total. The molecule has 0 radical (unpaired) electrons. The third-order valence-electron chi connectivity index (χ3n) is 4.72. The summed E-state index contributed by atoms with van der Waals surface area (Å²) in [4.78, 5) is 11.2. The van der Waals surface area contributed by atoms with Gasteiger partial charge in [0.15, 0.2) is 0 Å². The second-order valence-electron chi connectivity index (χ2n) is 6.45. The van der Waals surface area contributed by atoms with E-state index in [9.17, 15) is 0 Å². The third-order valence-corrected chi connectivity index (χ3v) is 4.72. The number of hydrogen-bond acceptors (Lipinski definition) is 5. The Bertz CT molecular complexity index is 788. The molecule has 0 saturated carbocycles. The summed E-state index contributed by atoms with van der Waals surface area (Å²) in [6.07, 6.45) is 7.92. The molecule has 4 rings (SSSR count). The Morgan fingerprint density at radius 1 is 1.12 bits per heavy atom. The van der Waals surface area contributed by atoms with Crippen LogP contribution in [-0.2, 0) is 6.54 Å². The van der Waals surface area contributed by atoms with Crippen LogP contribution in [0.25, 0.3) is 10.9 Å². The first kappa shape index (κ1) is 16.0. The van der Waals surface area contributed by atoms with Gasteiger partial charge in [0.25, 0.3) is 0 Å². The number of rotatable bonds is 5. The van der Waals surface area contributed by atoms with Crippen LogP contribution in [-0.4, -0.2) is 44.3 Å². The van der Waals surface area contributed by atoms with Crippen LogP contribution in [0.5, 0.6) is 5.88 Å². The van der Waals surface area contributed by atoms with Crippen LogP contribution in [0.3, 0.4) is 0 Å². The molecule has 3 heterocycles. The molecule has 0 amide bonds. The van der Waals surface area contributed by atoms with Gasteiger partial charge in [-0.15, -0.1) is 0 Å². The Morgan fingerprint density at radius 2 is 1.96 bits per heavy atom.